The summed E-state index contributed by atoms with van der Waals surface area (Å²) in [6, 6.07) is 13.1. The zero-order chi connectivity index (χ0) is 18.6. The lowest BCUT2D eigenvalue weighted by atomic mass is 10.1. The van der Waals surface area contributed by atoms with Gasteiger partial charge >= 0.3 is 0 Å². The molecule has 2 aliphatic rings. The Hall–Kier alpha value is -2.05. The maximum Gasteiger partial charge on any atom is 0.227 e. The van der Waals surface area contributed by atoms with Crippen molar-refractivity contribution in [2.24, 2.45) is 10.7 Å². The predicted molar refractivity (Wildman–Crippen MR) is 106 cm³/mol. The van der Waals surface area contributed by atoms with E-state index in [4.69, 9.17) is 15.2 Å². The molecule has 2 N–H and O–H groups in total. The monoisotopic (exact) mass is 386 g/mol. The van der Waals surface area contributed by atoms with Crippen molar-refractivity contribution >= 4 is 16.9 Å². The minimum atomic E-state index is -0.489. The SMILES string of the molecule is NC(=NC1CCCC1)SCc1cc(F)cc2c1O[C@H](c1ccccc1)OC2. The van der Waals surface area contributed by atoms with Gasteiger partial charge in [0, 0.05) is 22.4 Å². The number of thioether (sulfide) groups is 1. The number of nitrogens with two attached hydrogens (primary N) is 1. The minimum Gasteiger partial charge on any atom is -0.460 e. The average molecular weight is 386 g/mol. The molecule has 0 amide bonds. The summed E-state index contributed by atoms with van der Waals surface area (Å²) in [7, 11) is 0. The highest BCUT2D eigenvalue weighted by Gasteiger charge is 2.25. The Morgan fingerprint density at radius 3 is 2.74 bits per heavy atom. The summed E-state index contributed by atoms with van der Waals surface area (Å²) < 4.78 is 25.9. The van der Waals surface area contributed by atoms with Crippen LogP contribution in [0.3, 0.4) is 0 Å². The van der Waals surface area contributed by atoms with E-state index in [0.29, 0.717) is 29.3 Å². The van der Waals surface area contributed by atoms with Crippen molar-refractivity contribution in [1.29, 1.82) is 0 Å². The highest BCUT2D eigenvalue weighted by atomic mass is 32.2. The summed E-state index contributed by atoms with van der Waals surface area (Å²) in [6.07, 6.45) is 4.17. The van der Waals surface area contributed by atoms with Gasteiger partial charge in [-0.2, -0.15) is 0 Å². The lowest BCUT2D eigenvalue weighted by Gasteiger charge is -2.28. The van der Waals surface area contributed by atoms with Gasteiger partial charge in [0.1, 0.15) is 11.6 Å². The maximum atomic E-state index is 14.0. The molecule has 1 fully saturated rings. The number of amidine groups is 1. The summed E-state index contributed by atoms with van der Waals surface area (Å²) >= 11 is 1.44. The fourth-order valence-electron chi connectivity index (χ4n) is 3.56. The van der Waals surface area contributed by atoms with Gasteiger partial charge in [-0.15, -0.1) is 0 Å². The van der Waals surface area contributed by atoms with Crippen LogP contribution in [0.4, 0.5) is 4.39 Å². The second kappa shape index (κ2) is 8.31. The molecule has 27 heavy (non-hydrogen) atoms. The molecule has 142 valence electrons. The van der Waals surface area contributed by atoms with Crippen LogP contribution in [0, 0.1) is 5.82 Å². The third kappa shape index (κ3) is 4.45. The second-order valence-corrected chi connectivity index (χ2v) is 7.91. The quantitative estimate of drug-likeness (QED) is 0.598. The normalized spacial score (nSPS) is 20.3. The molecule has 1 saturated carbocycles. The standard InChI is InChI=1S/C21H23FN2O2S/c22-17-10-15-12-25-20(14-6-2-1-3-7-14)26-19(15)16(11-17)13-27-21(23)24-18-8-4-5-9-18/h1-3,6-7,10-11,18,20H,4-5,8-9,12-13H2,(H2,23,24)/t20-/m1/s1. The molecule has 1 atom stereocenters. The van der Waals surface area contributed by atoms with Crippen LogP contribution in [-0.4, -0.2) is 11.2 Å². The van der Waals surface area contributed by atoms with E-state index in [9.17, 15) is 4.39 Å². The van der Waals surface area contributed by atoms with Gasteiger partial charge in [-0.1, -0.05) is 54.9 Å². The first-order valence-corrected chi connectivity index (χ1v) is 10.3. The summed E-state index contributed by atoms with van der Waals surface area (Å²) in [5.41, 5.74) is 8.53. The molecule has 0 saturated heterocycles. The maximum absolute atomic E-state index is 14.0. The predicted octanol–water partition coefficient (Wildman–Crippen LogP) is 4.92. The third-order valence-corrected chi connectivity index (χ3v) is 5.76. The largest absolute Gasteiger partial charge is 0.460 e. The molecule has 1 aliphatic heterocycles. The first-order valence-electron chi connectivity index (χ1n) is 9.29. The molecule has 6 heteroatoms. The number of nitrogens with zero attached hydrogens (tertiary/aromatic N) is 1. The van der Waals surface area contributed by atoms with Gasteiger partial charge in [-0.3, -0.25) is 4.99 Å². The zero-order valence-electron chi connectivity index (χ0n) is 15.1. The summed E-state index contributed by atoms with van der Waals surface area (Å²) in [4.78, 5) is 4.59. The van der Waals surface area contributed by atoms with E-state index in [1.807, 2.05) is 30.3 Å². The molecule has 1 aliphatic carbocycles. The fraction of sp³-hybridized carbons (Fsp3) is 0.381. The van der Waals surface area contributed by atoms with Crippen molar-refractivity contribution in [2.45, 2.75) is 50.4 Å². The first-order chi connectivity index (χ1) is 13.2. The van der Waals surface area contributed by atoms with Crippen LogP contribution >= 0.6 is 11.8 Å². The lowest BCUT2D eigenvalue weighted by Crippen LogP contribution is -2.19. The highest BCUT2D eigenvalue weighted by Crippen LogP contribution is 2.38. The Morgan fingerprint density at radius 1 is 1.19 bits per heavy atom. The van der Waals surface area contributed by atoms with Crippen molar-refractivity contribution in [3.63, 3.8) is 0 Å². The van der Waals surface area contributed by atoms with Crippen LogP contribution in [0.25, 0.3) is 0 Å². The van der Waals surface area contributed by atoms with Gasteiger partial charge < -0.3 is 15.2 Å². The third-order valence-electron chi connectivity index (χ3n) is 4.90. The van der Waals surface area contributed by atoms with Crippen molar-refractivity contribution in [3.8, 4) is 5.75 Å². The van der Waals surface area contributed by atoms with Gasteiger partial charge in [0.25, 0.3) is 0 Å². The Bertz CT molecular complexity index is 822. The molecule has 4 rings (SSSR count). The molecule has 0 spiro atoms. The molecule has 0 unspecified atom stereocenters. The van der Waals surface area contributed by atoms with E-state index in [0.717, 1.165) is 29.5 Å². The van der Waals surface area contributed by atoms with E-state index < -0.39 is 6.29 Å². The highest BCUT2D eigenvalue weighted by molar-refractivity contribution is 8.13. The van der Waals surface area contributed by atoms with Gasteiger partial charge in [-0.25, -0.2) is 4.39 Å². The number of hydrogen-bond donors (Lipinski definition) is 1. The van der Waals surface area contributed by atoms with Crippen molar-refractivity contribution in [1.82, 2.24) is 0 Å². The zero-order valence-corrected chi connectivity index (χ0v) is 15.9. The number of benzene rings is 2. The molecule has 2 aromatic rings. The molecule has 0 bridgehead atoms. The smallest absolute Gasteiger partial charge is 0.227 e. The Kier molecular flexibility index (Phi) is 5.64. The first kappa shape index (κ1) is 18.3. The average Bonchev–Trinajstić information content (AvgIpc) is 3.19. The van der Waals surface area contributed by atoms with Crippen LogP contribution in [-0.2, 0) is 17.1 Å². The summed E-state index contributed by atoms with van der Waals surface area (Å²) in [5, 5.41) is 0.562. The van der Waals surface area contributed by atoms with E-state index in [2.05, 4.69) is 4.99 Å². The van der Waals surface area contributed by atoms with Crippen molar-refractivity contribution < 1.29 is 13.9 Å². The molecular formula is C21H23FN2O2S. The molecular weight excluding hydrogens is 363 g/mol. The number of hydrogen-bond acceptors (Lipinski definition) is 4. The molecule has 2 aromatic carbocycles. The molecule has 0 aromatic heterocycles. The summed E-state index contributed by atoms with van der Waals surface area (Å²) in [6.45, 7) is 0.315. The van der Waals surface area contributed by atoms with Crippen LogP contribution in [0.15, 0.2) is 47.5 Å². The number of rotatable bonds is 4. The van der Waals surface area contributed by atoms with Crippen LogP contribution in [0.2, 0.25) is 0 Å². The van der Waals surface area contributed by atoms with Crippen LogP contribution < -0.4 is 10.5 Å². The topological polar surface area (TPSA) is 56.8 Å². The fourth-order valence-corrected chi connectivity index (χ4v) is 4.30. The number of fused-ring (bicyclic) bond motifs is 1. The minimum absolute atomic E-state index is 0.291. The van der Waals surface area contributed by atoms with E-state index >= 15 is 0 Å². The van der Waals surface area contributed by atoms with Crippen molar-refractivity contribution in [2.75, 3.05) is 0 Å². The lowest BCUT2D eigenvalue weighted by molar-refractivity contribution is -0.112. The molecule has 0 radical (unpaired) electrons. The molecule has 4 nitrogen and oxygen atoms in total. The van der Waals surface area contributed by atoms with Crippen molar-refractivity contribution in [3.05, 3.63) is 65.0 Å². The number of aliphatic imine (C=N–C) groups is 1. The second-order valence-electron chi connectivity index (χ2n) is 6.92. The number of halogens is 1. The Morgan fingerprint density at radius 2 is 1.96 bits per heavy atom. The Labute approximate surface area is 163 Å². The van der Waals surface area contributed by atoms with E-state index in [1.54, 1.807) is 0 Å². The molecule has 1 heterocycles. The van der Waals surface area contributed by atoms with Gasteiger partial charge in [0.2, 0.25) is 6.29 Å². The Balaban J connectivity index is 1.51. The van der Waals surface area contributed by atoms with Gasteiger partial charge in [0.05, 0.1) is 12.6 Å². The van der Waals surface area contributed by atoms with Crippen LogP contribution in [0.5, 0.6) is 5.75 Å². The van der Waals surface area contributed by atoms with Gasteiger partial charge in [-0.05, 0) is 25.0 Å². The van der Waals surface area contributed by atoms with E-state index in [-0.39, 0.29) is 5.82 Å². The van der Waals surface area contributed by atoms with Gasteiger partial charge in [0.15, 0.2) is 5.17 Å². The van der Waals surface area contributed by atoms with Crippen LogP contribution in [0.1, 0.15) is 48.7 Å². The number of ether oxygens (including phenoxy) is 2. The van der Waals surface area contributed by atoms with E-state index in [1.165, 1.54) is 36.7 Å². The summed E-state index contributed by atoms with van der Waals surface area (Å²) in [5.74, 6) is 0.919.